The fraction of sp³-hybridized carbons (Fsp3) is 0.500. The number of para-hydroxylation sites is 1. The Kier molecular flexibility index (Phi) is 7.29. The van der Waals surface area contributed by atoms with E-state index < -0.39 is 17.9 Å². The molecule has 1 aromatic carbocycles. The first kappa shape index (κ1) is 17.0. The normalized spacial score (nSPS) is 10.3. The zero-order valence-electron chi connectivity index (χ0n) is 12.8. The third-order valence-electron chi connectivity index (χ3n) is 2.84. The van der Waals surface area contributed by atoms with Crippen molar-refractivity contribution in [2.24, 2.45) is 5.92 Å². The quantitative estimate of drug-likeness (QED) is 0.544. The van der Waals surface area contributed by atoms with Crippen LogP contribution < -0.4 is 4.74 Å². The smallest absolute Gasteiger partial charge is 0.320 e. The van der Waals surface area contributed by atoms with Gasteiger partial charge in [-0.3, -0.25) is 9.59 Å². The van der Waals surface area contributed by atoms with Crippen LogP contribution in [0.4, 0.5) is 0 Å². The first-order chi connectivity index (χ1) is 10.1. The van der Waals surface area contributed by atoms with Gasteiger partial charge in [0, 0.05) is 0 Å². The van der Waals surface area contributed by atoms with Crippen molar-refractivity contribution in [3.05, 3.63) is 29.8 Å². The predicted octanol–water partition coefficient (Wildman–Crippen LogP) is 2.37. The number of hydrogen-bond acceptors (Lipinski definition) is 5. The van der Waals surface area contributed by atoms with E-state index in [1.807, 2.05) is 31.2 Å². The van der Waals surface area contributed by atoms with Crippen molar-refractivity contribution in [1.29, 1.82) is 0 Å². The summed E-state index contributed by atoms with van der Waals surface area (Å²) in [4.78, 5) is 23.9. The summed E-state index contributed by atoms with van der Waals surface area (Å²) in [7, 11) is 0. The molecule has 1 aromatic rings. The van der Waals surface area contributed by atoms with E-state index in [0.29, 0.717) is 12.4 Å². The van der Waals surface area contributed by atoms with E-state index in [4.69, 9.17) is 14.2 Å². The van der Waals surface area contributed by atoms with E-state index in [2.05, 4.69) is 0 Å². The standard InChI is InChI=1S/C16H22O5/c1-4-19-14-10-8-7-9-12(14)11-13(15(17)20-5-2)16(18)21-6-3/h7-10,13H,4-6,11H2,1-3H3. The van der Waals surface area contributed by atoms with Crippen LogP contribution in [0.1, 0.15) is 26.3 Å². The van der Waals surface area contributed by atoms with Gasteiger partial charge in [0.1, 0.15) is 5.75 Å². The Hall–Kier alpha value is -2.04. The molecule has 0 atom stereocenters. The SMILES string of the molecule is CCOC(=O)C(Cc1ccccc1OCC)C(=O)OCC. The summed E-state index contributed by atoms with van der Waals surface area (Å²) in [6.07, 6.45) is 0.202. The maximum absolute atomic E-state index is 12.0. The van der Waals surface area contributed by atoms with Gasteiger partial charge < -0.3 is 14.2 Å². The second kappa shape index (κ2) is 9.00. The lowest BCUT2D eigenvalue weighted by molar-refractivity contribution is -0.161. The van der Waals surface area contributed by atoms with Gasteiger partial charge in [0.2, 0.25) is 0 Å². The Labute approximate surface area is 125 Å². The summed E-state index contributed by atoms with van der Waals surface area (Å²) in [6.45, 7) is 6.25. The molecular formula is C16H22O5. The van der Waals surface area contributed by atoms with E-state index in [-0.39, 0.29) is 19.6 Å². The van der Waals surface area contributed by atoms with Crippen LogP contribution in [-0.4, -0.2) is 31.8 Å². The fourth-order valence-electron chi connectivity index (χ4n) is 1.94. The highest BCUT2D eigenvalue weighted by Gasteiger charge is 2.30. The van der Waals surface area contributed by atoms with Crippen LogP contribution in [0.25, 0.3) is 0 Å². The lowest BCUT2D eigenvalue weighted by Crippen LogP contribution is -2.30. The van der Waals surface area contributed by atoms with Gasteiger partial charge >= 0.3 is 11.9 Å². The van der Waals surface area contributed by atoms with Crippen LogP contribution in [0.15, 0.2) is 24.3 Å². The molecule has 21 heavy (non-hydrogen) atoms. The molecule has 1 rings (SSSR count). The second-order valence-electron chi connectivity index (χ2n) is 4.30. The third-order valence-corrected chi connectivity index (χ3v) is 2.84. The number of hydrogen-bond donors (Lipinski definition) is 0. The van der Waals surface area contributed by atoms with Gasteiger partial charge in [-0.25, -0.2) is 0 Å². The Bertz CT molecular complexity index is 451. The number of rotatable bonds is 8. The highest BCUT2D eigenvalue weighted by molar-refractivity contribution is 5.95. The van der Waals surface area contributed by atoms with Crippen molar-refractivity contribution in [1.82, 2.24) is 0 Å². The van der Waals surface area contributed by atoms with Crippen molar-refractivity contribution >= 4 is 11.9 Å². The molecule has 0 heterocycles. The molecule has 0 aliphatic rings. The van der Waals surface area contributed by atoms with E-state index in [0.717, 1.165) is 5.56 Å². The van der Waals surface area contributed by atoms with Crippen molar-refractivity contribution in [3.8, 4) is 5.75 Å². The van der Waals surface area contributed by atoms with Crippen LogP contribution in [0.3, 0.4) is 0 Å². The topological polar surface area (TPSA) is 61.8 Å². The summed E-state index contributed by atoms with van der Waals surface area (Å²) in [6, 6.07) is 7.33. The van der Waals surface area contributed by atoms with Gasteiger partial charge in [0.05, 0.1) is 19.8 Å². The molecule has 0 unspecified atom stereocenters. The molecule has 0 N–H and O–H groups in total. The van der Waals surface area contributed by atoms with Crippen molar-refractivity contribution in [2.45, 2.75) is 27.2 Å². The van der Waals surface area contributed by atoms with Gasteiger partial charge in [-0.1, -0.05) is 18.2 Å². The summed E-state index contributed by atoms with van der Waals surface area (Å²) in [5.41, 5.74) is 0.783. The van der Waals surface area contributed by atoms with Crippen LogP contribution in [-0.2, 0) is 25.5 Å². The molecule has 0 saturated carbocycles. The fourth-order valence-corrected chi connectivity index (χ4v) is 1.94. The summed E-state index contributed by atoms with van der Waals surface area (Å²) < 4.78 is 15.4. The molecule has 116 valence electrons. The minimum Gasteiger partial charge on any atom is -0.494 e. The Morgan fingerprint density at radius 3 is 2.05 bits per heavy atom. The number of esters is 2. The highest BCUT2D eigenvalue weighted by atomic mass is 16.6. The molecule has 0 bridgehead atoms. The number of ether oxygens (including phenoxy) is 3. The van der Waals surface area contributed by atoms with Crippen molar-refractivity contribution < 1.29 is 23.8 Å². The maximum Gasteiger partial charge on any atom is 0.320 e. The zero-order valence-corrected chi connectivity index (χ0v) is 12.8. The van der Waals surface area contributed by atoms with E-state index in [1.165, 1.54) is 0 Å². The van der Waals surface area contributed by atoms with Gasteiger partial charge in [-0.05, 0) is 38.8 Å². The van der Waals surface area contributed by atoms with Crippen LogP contribution in [0, 0.1) is 5.92 Å². The van der Waals surface area contributed by atoms with E-state index in [1.54, 1.807) is 13.8 Å². The van der Waals surface area contributed by atoms with Crippen LogP contribution >= 0.6 is 0 Å². The molecule has 5 heteroatoms. The monoisotopic (exact) mass is 294 g/mol. The number of benzene rings is 1. The Balaban J connectivity index is 2.95. The summed E-state index contributed by atoms with van der Waals surface area (Å²) in [5, 5.41) is 0. The minimum absolute atomic E-state index is 0.202. The van der Waals surface area contributed by atoms with Gasteiger partial charge in [-0.2, -0.15) is 0 Å². The molecule has 0 saturated heterocycles. The molecule has 0 aliphatic heterocycles. The molecule has 0 fully saturated rings. The van der Waals surface area contributed by atoms with Gasteiger partial charge in [0.15, 0.2) is 5.92 Å². The molecular weight excluding hydrogens is 272 g/mol. The minimum atomic E-state index is -0.966. The lowest BCUT2D eigenvalue weighted by atomic mass is 9.98. The number of carbonyl (C=O) groups is 2. The van der Waals surface area contributed by atoms with Crippen LogP contribution in [0.5, 0.6) is 5.75 Å². The van der Waals surface area contributed by atoms with Gasteiger partial charge in [0.25, 0.3) is 0 Å². The average Bonchev–Trinajstić information content (AvgIpc) is 2.47. The Morgan fingerprint density at radius 1 is 0.952 bits per heavy atom. The first-order valence-electron chi connectivity index (χ1n) is 7.17. The molecule has 0 radical (unpaired) electrons. The highest BCUT2D eigenvalue weighted by Crippen LogP contribution is 2.22. The predicted molar refractivity (Wildman–Crippen MR) is 78.1 cm³/mol. The zero-order chi connectivity index (χ0) is 15.7. The largest absolute Gasteiger partial charge is 0.494 e. The lowest BCUT2D eigenvalue weighted by Gasteiger charge is -2.16. The summed E-state index contributed by atoms with van der Waals surface area (Å²) >= 11 is 0. The second-order valence-corrected chi connectivity index (χ2v) is 4.30. The summed E-state index contributed by atoms with van der Waals surface area (Å²) in [5.74, 6) is -1.44. The Morgan fingerprint density at radius 2 is 1.52 bits per heavy atom. The molecule has 0 aliphatic carbocycles. The molecule has 0 aromatic heterocycles. The van der Waals surface area contributed by atoms with Crippen LogP contribution in [0.2, 0.25) is 0 Å². The van der Waals surface area contributed by atoms with Crippen molar-refractivity contribution in [2.75, 3.05) is 19.8 Å². The van der Waals surface area contributed by atoms with Crippen molar-refractivity contribution in [3.63, 3.8) is 0 Å². The van der Waals surface area contributed by atoms with E-state index >= 15 is 0 Å². The van der Waals surface area contributed by atoms with Gasteiger partial charge in [-0.15, -0.1) is 0 Å². The maximum atomic E-state index is 12.0. The number of carbonyl (C=O) groups excluding carboxylic acids is 2. The molecule has 0 spiro atoms. The third kappa shape index (κ3) is 5.10. The average molecular weight is 294 g/mol. The first-order valence-corrected chi connectivity index (χ1v) is 7.17. The molecule has 0 amide bonds. The molecule has 5 nitrogen and oxygen atoms in total. The van der Waals surface area contributed by atoms with E-state index in [9.17, 15) is 9.59 Å².